The van der Waals surface area contributed by atoms with E-state index < -0.39 is 83.6 Å². The van der Waals surface area contributed by atoms with Gasteiger partial charge >= 0.3 is 12.2 Å². The van der Waals surface area contributed by atoms with Crippen LogP contribution in [-0.4, -0.2) is 68.3 Å². The largest absolute Gasteiger partial charge is 0.497 e. The van der Waals surface area contributed by atoms with Crippen molar-refractivity contribution in [3.05, 3.63) is 47.2 Å². The third kappa shape index (κ3) is 7.26. The maximum absolute atomic E-state index is 15.3. The summed E-state index contributed by atoms with van der Waals surface area (Å²) in [7, 11) is 1.18. The van der Waals surface area contributed by atoms with Crippen LogP contribution in [0.15, 0.2) is 24.4 Å². The van der Waals surface area contributed by atoms with Crippen molar-refractivity contribution in [1.82, 2.24) is 15.6 Å². The zero-order valence-corrected chi connectivity index (χ0v) is 24.8. The molecule has 0 unspecified atom stereocenters. The summed E-state index contributed by atoms with van der Waals surface area (Å²) >= 11 is 0. The van der Waals surface area contributed by atoms with Crippen molar-refractivity contribution >= 4 is 23.4 Å². The first-order valence-electron chi connectivity index (χ1n) is 15.0. The molecule has 1 aromatic heterocycles. The number of anilines is 2. The van der Waals surface area contributed by atoms with Crippen LogP contribution in [0.4, 0.5) is 47.0 Å². The zero-order chi connectivity index (χ0) is 33.2. The third-order valence-corrected chi connectivity index (χ3v) is 8.77. The molecule has 3 N–H and O–H groups in total. The van der Waals surface area contributed by atoms with Gasteiger partial charge in [0.15, 0.2) is 0 Å². The molecule has 3 aliphatic rings. The van der Waals surface area contributed by atoms with Gasteiger partial charge in [-0.05, 0) is 44.6 Å². The lowest BCUT2D eigenvalue weighted by Gasteiger charge is -2.29. The number of carbonyl (C=O) groups excluding carboxylic acids is 2. The second-order valence-electron chi connectivity index (χ2n) is 11.7. The number of methoxy groups -OCH3 is 1. The number of rotatable bonds is 8. The number of urea groups is 1. The van der Waals surface area contributed by atoms with Gasteiger partial charge in [-0.1, -0.05) is 0 Å². The summed E-state index contributed by atoms with van der Waals surface area (Å²) < 4.78 is 111. The Labute approximate surface area is 260 Å². The van der Waals surface area contributed by atoms with Crippen molar-refractivity contribution in [2.24, 2.45) is 5.92 Å². The Balaban J connectivity index is 1.47. The van der Waals surface area contributed by atoms with Crippen molar-refractivity contribution in [2.75, 3.05) is 37.1 Å². The number of hydrogen-bond acceptors (Lipinski definition) is 6. The van der Waals surface area contributed by atoms with E-state index >= 15 is 8.78 Å². The van der Waals surface area contributed by atoms with Gasteiger partial charge in [0, 0.05) is 67.6 Å². The molecule has 1 aromatic carbocycles. The Morgan fingerprint density at radius 2 is 1.67 bits per heavy atom. The molecule has 9 nitrogen and oxygen atoms in total. The van der Waals surface area contributed by atoms with Crippen molar-refractivity contribution in [3.8, 4) is 5.75 Å². The fourth-order valence-electron chi connectivity index (χ4n) is 6.38. The van der Waals surface area contributed by atoms with Crippen LogP contribution in [-0.2, 0) is 15.7 Å². The molecule has 2 aliphatic heterocycles. The minimum Gasteiger partial charge on any atom is -0.497 e. The molecular formula is C30H34F7N5O4. The van der Waals surface area contributed by atoms with Crippen molar-refractivity contribution in [3.63, 3.8) is 0 Å². The lowest BCUT2D eigenvalue weighted by molar-refractivity contribution is -0.136. The van der Waals surface area contributed by atoms with Gasteiger partial charge in [0.1, 0.15) is 34.8 Å². The molecule has 3 fully saturated rings. The van der Waals surface area contributed by atoms with Gasteiger partial charge in [0.25, 0.3) is 5.91 Å². The summed E-state index contributed by atoms with van der Waals surface area (Å²) in [5.74, 6) is -6.58. The van der Waals surface area contributed by atoms with E-state index in [1.165, 1.54) is 7.11 Å². The van der Waals surface area contributed by atoms with E-state index in [1.807, 2.05) is 0 Å². The summed E-state index contributed by atoms with van der Waals surface area (Å²) in [6.45, 7) is 0.0524. The van der Waals surface area contributed by atoms with Crippen LogP contribution in [0.2, 0.25) is 0 Å². The highest BCUT2D eigenvalue weighted by Crippen LogP contribution is 2.44. The lowest BCUT2D eigenvalue weighted by atomic mass is 9.86. The number of alkyl halides is 5. The van der Waals surface area contributed by atoms with Crippen LogP contribution in [0.5, 0.6) is 5.75 Å². The lowest BCUT2D eigenvalue weighted by Crippen LogP contribution is -2.51. The average molecular weight is 662 g/mol. The summed E-state index contributed by atoms with van der Waals surface area (Å²) in [5.41, 5.74) is -2.21. The number of nitrogens with zero attached hydrogens (tertiary/aromatic N) is 2. The van der Waals surface area contributed by atoms with Crippen LogP contribution < -0.4 is 25.6 Å². The van der Waals surface area contributed by atoms with E-state index in [0.717, 1.165) is 24.4 Å². The Kier molecular flexibility index (Phi) is 10.1. The van der Waals surface area contributed by atoms with Gasteiger partial charge in [-0.15, -0.1) is 0 Å². The standard InChI is InChI=1S/C30H34F7N5O4/c1-45-18-12-20(31)23(21(32)13-18)19-14-42(28(43)25(19)41-29(44)40-16-4-2-15(3-5-16)26(33)34)27-24(30(35,36)37)22(6-9-38-27)39-17-7-10-46-11-8-17/h6,9,12-13,15-17,19,25-26H,2-5,7-8,10-11,14H2,1H3,(H,38,39)(H2,40,41,44)/t15-,16-,19-,25-/m0/s1. The average Bonchev–Trinajstić information content (AvgIpc) is 3.31. The number of halogens is 7. The number of hydrogen-bond donors (Lipinski definition) is 3. The first-order valence-corrected chi connectivity index (χ1v) is 15.0. The first kappa shape index (κ1) is 33.5. The number of nitrogens with one attached hydrogen (secondary N) is 3. The molecule has 0 bridgehead atoms. The van der Waals surface area contributed by atoms with Gasteiger partial charge in [0.05, 0.1) is 12.8 Å². The normalized spacial score (nSPS) is 24.3. The molecule has 2 atom stereocenters. The molecule has 1 saturated carbocycles. The maximum Gasteiger partial charge on any atom is 0.421 e. The van der Waals surface area contributed by atoms with E-state index in [0.29, 0.717) is 31.0 Å². The van der Waals surface area contributed by atoms with Crippen LogP contribution in [0.3, 0.4) is 0 Å². The molecule has 1 aliphatic carbocycles. The molecule has 0 radical (unpaired) electrons. The van der Waals surface area contributed by atoms with Crippen LogP contribution in [0.25, 0.3) is 0 Å². The topological polar surface area (TPSA) is 105 Å². The Hall–Kier alpha value is -3.82. The Bertz CT molecular complexity index is 1390. The number of aromatic nitrogens is 1. The quantitative estimate of drug-likeness (QED) is 0.319. The van der Waals surface area contributed by atoms with Gasteiger partial charge in [-0.2, -0.15) is 13.2 Å². The molecule has 2 aromatic rings. The fraction of sp³-hybridized carbons (Fsp3) is 0.567. The van der Waals surface area contributed by atoms with Gasteiger partial charge in [-0.25, -0.2) is 27.3 Å². The molecule has 2 saturated heterocycles. The molecule has 16 heteroatoms. The highest BCUT2D eigenvalue weighted by molar-refractivity contribution is 6.03. The number of pyridine rings is 1. The maximum atomic E-state index is 15.3. The molecule has 0 spiro atoms. The van der Waals surface area contributed by atoms with Gasteiger partial charge in [0.2, 0.25) is 6.43 Å². The van der Waals surface area contributed by atoms with E-state index in [4.69, 9.17) is 9.47 Å². The van der Waals surface area contributed by atoms with E-state index in [-0.39, 0.29) is 43.2 Å². The highest BCUT2D eigenvalue weighted by Gasteiger charge is 2.49. The SMILES string of the molecule is COc1cc(F)c([C@@H]2CN(c3nccc(NC4CCOCC4)c3C(F)(F)F)C(=O)[C@H]2NC(=O)N[C@H]2CC[C@H](C(F)F)CC2)c(F)c1. The van der Waals surface area contributed by atoms with Crippen molar-refractivity contribution in [2.45, 2.75) is 75.2 Å². The highest BCUT2D eigenvalue weighted by atomic mass is 19.4. The second kappa shape index (κ2) is 13.9. The Morgan fingerprint density at radius 3 is 2.26 bits per heavy atom. The second-order valence-corrected chi connectivity index (χ2v) is 11.7. The van der Waals surface area contributed by atoms with Crippen LogP contribution >= 0.6 is 0 Å². The van der Waals surface area contributed by atoms with E-state index in [2.05, 4.69) is 20.9 Å². The Morgan fingerprint density at radius 1 is 1.02 bits per heavy atom. The summed E-state index contributed by atoms with van der Waals surface area (Å²) in [6, 6.07) is -0.632. The number of carbonyl (C=O) groups is 2. The molecule has 3 amide bonds. The first-order chi connectivity index (χ1) is 21.9. The van der Waals surface area contributed by atoms with Crippen molar-refractivity contribution in [1.29, 1.82) is 0 Å². The van der Waals surface area contributed by atoms with Crippen molar-refractivity contribution < 1.29 is 49.8 Å². The predicted octanol–water partition coefficient (Wildman–Crippen LogP) is 5.60. The van der Waals surface area contributed by atoms with Gasteiger partial charge < -0.3 is 25.4 Å². The molecule has 3 heterocycles. The fourth-order valence-corrected chi connectivity index (χ4v) is 6.38. The molecule has 5 rings (SSSR count). The number of benzene rings is 1. The summed E-state index contributed by atoms with van der Waals surface area (Å²) in [6.07, 6.45) is -4.71. The minimum atomic E-state index is -5.00. The molecule has 46 heavy (non-hydrogen) atoms. The van der Waals surface area contributed by atoms with Gasteiger partial charge in [-0.3, -0.25) is 9.69 Å². The zero-order valence-electron chi connectivity index (χ0n) is 24.8. The van der Waals surface area contributed by atoms with E-state index in [9.17, 15) is 31.5 Å². The third-order valence-electron chi connectivity index (χ3n) is 8.77. The predicted molar refractivity (Wildman–Crippen MR) is 152 cm³/mol. The number of amides is 3. The number of ether oxygens (including phenoxy) is 2. The monoisotopic (exact) mass is 661 g/mol. The molecular weight excluding hydrogens is 627 g/mol. The summed E-state index contributed by atoms with van der Waals surface area (Å²) in [4.78, 5) is 31.5. The van der Waals surface area contributed by atoms with Crippen LogP contribution in [0.1, 0.15) is 55.6 Å². The van der Waals surface area contributed by atoms with E-state index in [1.54, 1.807) is 0 Å². The smallest absolute Gasteiger partial charge is 0.421 e. The van der Waals surface area contributed by atoms with Crippen LogP contribution in [0, 0.1) is 17.6 Å². The molecule has 252 valence electrons. The summed E-state index contributed by atoms with van der Waals surface area (Å²) in [5, 5.41) is 7.86. The minimum absolute atomic E-state index is 0.161.